The Kier molecular flexibility index (Phi) is 4.31. The molecule has 1 amide bonds. The van der Waals surface area contributed by atoms with Gasteiger partial charge in [0, 0.05) is 19.2 Å². The first kappa shape index (κ1) is 14.9. The van der Waals surface area contributed by atoms with E-state index in [1.165, 1.54) is 6.26 Å². The van der Waals surface area contributed by atoms with Crippen molar-refractivity contribution in [3.05, 3.63) is 47.1 Å². The van der Waals surface area contributed by atoms with Crippen molar-refractivity contribution in [3.63, 3.8) is 0 Å². The van der Waals surface area contributed by atoms with Gasteiger partial charge in [0.2, 0.25) is 0 Å². The van der Waals surface area contributed by atoms with Gasteiger partial charge in [-0.15, -0.1) is 0 Å². The highest BCUT2D eigenvalue weighted by atomic mass is 35.5. The van der Waals surface area contributed by atoms with E-state index in [1.807, 2.05) is 0 Å². The van der Waals surface area contributed by atoms with Gasteiger partial charge in [-0.1, -0.05) is 11.6 Å². The van der Waals surface area contributed by atoms with Crippen LogP contribution in [0.5, 0.6) is 0 Å². The number of hydrogen-bond donors (Lipinski definition) is 1. The van der Waals surface area contributed by atoms with Crippen molar-refractivity contribution in [1.29, 1.82) is 0 Å². The van der Waals surface area contributed by atoms with Crippen molar-refractivity contribution < 1.29 is 18.7 Å². The number of nitrogens with one attached hydrogen (secondary N) is 1. The summed E-state index contributed by atoms with van der Waals surface area (Å²) in [7, 11) is 0. The summed E-state index contributed by atoms with van der Waals surface area (Å²) in [5, 5.41) is 0.472. The molecule has 0 bridgehead atoms. The standard InChI is InChI=1S/C15H15ClN2O4/c16-10-6-12(17-8-10)15(20)18-3-5-21-9-11(18)7-13(19)14-2-1-4-22-14/h1-2,4,6,8,11,17H,3,5,7,9H2/t11-/m0/s1. The van der Waals surface area contributed by atoms with E-state index in [0.717, 1.165) is 0 Å². The van der Waals surface area contributed by atoms with Gasteiger partial charge >= 0.3 is 0 Å². The van der Waals surface area contributed by atoms with Crippen molar-refractivity contribution in [3.8, 4) is 0 Å². The lowest BCUT2D eigenvalue weighted by atomic mass is 10.1. The second-order valence-electron chi connectivity index (χ2n) is 5.06. The second-order valence-corrected chi connectivity index (χ2v) is 5.50. The number of hydrogen-bond acceptors (Lipinski definition) is 4. The van der Waals surface area contributed by atoms with Crippen LogP contribution in [0.15, 0.2) is 35.1 Å². The minimum Gasteiger partial charge on any atom is -0.461 e. The number of furan rings is 1. The molecule has 0 radical (unpaired) electrons. The van der Waals surface area contributed by atoms with Crippen LogP contribution in [0.25, 0.3) is 0 Å². The molecule has 6 nitrogen and oxygen atoms in total. The smallest absolute Gasteiger partial charge is 0.270 e. The van der Waals surface area contributed by atoms with Crippen LogP contribution < -0.4 is 0 Å². The number of aromatic nitrogens is 1. The topological polar surface area (TPSA) is 75.5 Å². The van der Waals surface area contributed by atoms with E-state index in [0.29, 0.717) is 36.2 Å². The molecule has 1 aliphatic rings. The fourth-order valence-corrected chi connectivity index (χ4v) is 2.65. The first-order valence-corrected chi connectivity index (χ1v) is 7.32. The molecule has 2 aromatic rings. The monoisotopic (exact) mass is 322 g/mol. The van der Waals surface area contributed by atoms with Gasteiger partial charge in [0.25, 0.3) is 5.91 Å². The summed E-state index contributed by atoms with van der Waals surface area (Å²) >= 11 is 5.84. The Bertz CT molecular complexity index is 665. The molecule has 3 heterocycles. The summed E-state index contributed by atoms with van der Waals surface area (Å²) in [6.45, 7) is 1.21. The van der Waals surface area contributed by atoms with Crippen molar-refractivity contribution in [1.82, 2.24) is 9.88 Å². The molecule has 0 saturated carbocycles. The molecule has 22 heavy (non-hydrogen) atoms. The predicted octanol–water partition coefficient (Wildman–Crippen LogP) is 2.38. The molecule has 1 fully saturated rings. The first-order valence-electron chi connectivity index (χ1n) is 6.94. The van der Waals surface area contributed by atoms with Gasteiger partial charge in [0.1, 0.15) is 5.69 Å². The fourth-order valence-electron chi connectivity index (χ4n) is 2.49. The minimum absolute atomic E-state index is 0.150. The minimum atomic E-state index is -0.319. The normalized spacial score (nSPS) is 18.4. The Balaban J connectivity index is 1.73. The van der Waals surface area contributed by atoms with Gasteiger partial charge in [-0.25, -0.2) is 0 Å². The quantitative estimate of drug-likeness (QED) is 0.877. The Labute approximate surface area is 132 Å². The van der Waals surface area contributed by atoms with E-state index >= 15 is 0 Å². The molecule has 0 unspecified atom stereocenters. The molecule has 2 aromatic heterocycles. The number of ether oxygens (including phenoxy) is 1. The van der Waals surface area contributed by atoms with Crippen LogP contribution in [0.3, 0.4) is 0 Å². The summed E-state index contributed by atoms with van der Waals surface area (Å²) in [4.78, 5) is 29.2. The average molecular weight is 323 g/mol. The Morgan fingerprint density at radius 2 is 2.32 bits per heavy atom. The number of Topliss-reactive ketones (excluding diaryl/α,β-unsaturated/α-hetero) is 1. The number of rotatable bonds is 4. The van der Waals surface area contributed by atoms with E-state index in [2.05, 4.69) is 4.98 Å². The summed E-state index contributed by atoms with van der Waals surface area (Å²) in [5.74, 6) is -0.0452. The zero-order chi connectivity index (χ0) is 15.5. The molecule has 7 heteroatoms. The number of H-pyrrole nitrogens is 1. The van der Waals surface area contributed by atoms with Crippen LogP contribution in [0.2, 0.25) is 5.02 Å². The molecule has 3 rings (SSSR count). The van der Waals surface area contributed by atoms with Gasteiger partial charge in [0.15, 0.2) is 11.5 Å². The van der Waals surface area contributed by atoms with E-state index < -0.39 is 0 Å². The fraction of sp³-hybridized carbons (Fsp3) is 0.333. The highest BCUT2D eigenvalue weighted by Crippen LogP contribution is 2.19. The number of nitrogens with zero attached hydrogens (tertiary/aromatic N) is 1. The molecule has 0 spiro atoms. The Morgan fingerprint density at radius 1 is 1.45 bits per heavy atom. The number of carbonyl (C=O) groups is 2. The van der Waals surface area contributed by atoms with Crippen LogP contribution >= 0.6 is 11.6 Å². The predicted molar refractivity (Wildman–Crippen MR) is 79.1 cm³/mol. The third-order valence-corrected chi connectivity index (χ3v) is 3.80. The maximum absolute atomic E-state index is 12.5. The number of ketones is 1. The third kappa shape index (κ3) is 3.08. The lowest BCUT2D eigenvalue weighted by molar-refractivity contribution is -0.00329. The van der Waals surface area contributed by atoms with Crippen LogP contribution in [0.1, 0.15) is 27.5 Å². The van der Waals surface area contributed by atoms with E-state index in [1.54, 1.807) is 29.3 Å². The SMILES string of the molecule is O=C(C[C@H]1COCCN1C(=O)c1cc(Cl)c[nH]1)c1ccco1. The summed E-state index contributed by atoms with van der Waals surface area (Å²) < 4.78 is 10.5. The highest BCUT2D eigenvalue weighted by Gasteiger charge is 2.31. The summed E-state index contributed by atoms with van der Waals surface area (Å²) in [5.41, 5.74) is 0.405. The van der Waals surface area contributed by atoms with Crippen LogP contribution in [-0.2, 0) is 4.74 Å². The highest BCUT2D eigenvalue weighted by molar-refractivity contribution is 6.30. The van der Waals surface area contributed by atoms with Gasteiger partial charge in [-0.3, -0.25) is 9.59 Å². The maximum Gasteiger partial charge on any atom is 0.270 e. The molecule has 1 aliphatic heterocycles. The van der Waals surface area contributed by atoms with E-state index in [4.69, 9.17) is 20.8 Å². The van der Waals surface area contributed by atoms with Gasteiger partial charge in [-0.05, 0) is 18.2 Å². The van der Waals surface area contributed by atoms with Crippen LogP contribution in [-0.4, -0.2) is 47.4 Å². The molecule has 0 aliphatic carbocycles. The molecule has 0 aromatic carbocycles. The number of amides is 1. The van der Waals surface area contributed by atoms with Gasteiger partial charge in [0.05, 0.1) is 30.5 Å². The van der Waals surface area contributed by atoms with Crippen molar-refractivity contribution in [2.75, 3.05) is 19.8 Å². The maximum atomic E-state index is 12.5. The molecule has 1 N–H and O–H groups in total. The van der Waals surface area contributed by atoms with Crippen LogP contribution in [0, 0.1) is 0 Å². The van der Waals surface area contributed by atoms with Gasteiger partial charge in [-0.2, -0.15) is 0 Å². The van der Waals surface area contributed by atoms with Crippen molar-refractivity contribution in [2.45, 2.75) is 12.5 Å². The zero-order valence-corrected chi connectivity index (χ0v) is 12.5. The lowest BCUT2D eigenvalue weighted by Gasteiger charge is -2.34. The summed E-state index contributed by atoms with van der Waals surface area (Å²) in [6, 6.07) is 4.53. The average Bonchev–Trinajstić information content (AvgIpc) is 3.18. The lowest BCUT2D eigenvalue weighted by Crippen LogP contribution is -2.49. The van der Waals surface area contributed by atoms with Crippen molar-refractivity contribution in [2.24, 2.45) is 0 Å². The number of carbonyl (C=O) groups excluding carboxylic acids is 2. The molecular weight excluding hydrogens is 308 g/mol. The zero-order valence-electron chi connectivity index (χ0n) is 11.8. The van der Waals surface area contributed by atoms with Crippen molar-refractivity contribution >= 4 is 23.3 Å². The molecule has 116 valence electrons. The molecule has 1 atom stereocenters. The summed E-state index contributed by atoms with van der Waals surface area (Å²) in [6.07, 6.45) is 3.17. The first-order chi connectivity index (χ1) is 10.6. The van der Waals surface area contributed by atoms with Gasteiger partial charge < -0.3 is 19.0 Å². The largest absolute Gasteiger partial charge is 0.461 e. The Morgan fingerprint density at radius 3 is 3.00 bits per heavy atom. The Hall–Kier alpha value is -2.05. The third-order valence-electron chi connectivity index (χ3n) is 3.58. The molecule has 1 saturated heterocycles. The van der Waals surface area contributed by atoms with E-state index in [-0.39, 0.29) is 24.2 Å². The number of halogens is 1. The van der Waals surface area contributed by atoms with E-state index in [9.17, 15) is 9.59 Å². The molecular formula is C15H15ClN2O4. The van der Waals surface area contributed by atoms with Crippen LogP contribution in [0.4, 0.5) is 0 Å². The second kappa shape index (κ2) is 6.37. The number of morpholine rings is 1. The number of aromatic amines is 1.